The van der Waals surface area contributed by atoms with Gasteiger partial charge >= 0.3 is 0 Å². The van der Waals surface area contributed by atoms with Crippen molar-refractivity contribution in [2.75, 3.05) is 13.2 Å². The molecular weight excluding hydrogens is 418 g/mol. The molecule has 0 fully saturated rings. The molecule has 3 N–H and O–H groups in total. The third-order valence-corrected chi connectivity index (χ3v) is 6.71. The van der Waals surface area contributed by atoms with Gasteiger partial charge in [0, 0.05) is 24.4 Å². The molecule has 1 unspecified atom stereocenters. The largest absolute Gasteiger partial charge is 0.395 e. The molecule has 0 spiro atoms. The molecule has 0 aliphatic rings. The number of hydrogen-bond donors (Lipinski definition) is 3. The average molecular weight is 450 g/mol. The summed E-state index contributed by atoms with van der Waals surface area (Å²) in [6.07, 6.45) is 6.19. The van der Waals surface area contributed by atoms with Crippen LogP contribution in [0.15, 0.2) is 97.5 Å². The lowest BCUT2D eigenvalue weighted by atomic mass is 9.88. The number of aromatic amines is 1. The van der Waals surface area contributed by atoms with E-state index in [9.17, 15) is 5.11 Å². The highest BCUT2D eigenvalue weighted by atomic mass is 16.3. The smallest absolute Gasteiger partial charge is 0.0921 e. The van der Waals surface area contributed by atoms with Crippen LogP contribution in [0.25, 0.3) is 21.5 Å². The molecule has 1 atom stereocenters. The first-order valence-corrected chi connectivity index (χ1v) is 12.0. The monoisotopic (exact) mass is 449 g/mol. The fourth-order valence-electron chi connectivity index (χ4n) is 4.98. The maximum atomic E-state index is 10.0. The lowest BCUT2D eigenvalue weighted by Gasteiger charge is -2.23. The van der Waals surface area contributed by atoms with Gasteiger partial charge in [-0.1, -0.05) is 84.9 Å². The Bertz CT molecular complexity index is 1250. The molecule has 0 amide bonds. The summed E-state index contributed by atoms with van der Waals surface area (Å²) in [6.45, 7) is 0.917. The summed E-state index contributed by atoms with van der Waals surface area (Å²) < 4.78 is 0. The summed E-state index contributed by atoms with van der Waals surface area (Å²) in [5.74, 6) is 0.382. The van der Waals surface area contributed by atoms with Gasteiger partial charge in [-0.2, -0.15) is 0 Å². The minimum absolute atomic E-state index is 0.0111. The van der Waals surface area contributed by atoms with Crippen molar-refractivity contribution in [3.8, 4) is 0 Å². The minimum Gasteiger partial charge on any atom is -0.395 e. The van der Waals surface area contributed by atoms with E-state index in [-0.39, 0.29) is 12.6 Å². The summed E-state index contributed by atoms with van der Waals surface area (Å²) in [5.41, 5.74) is 3.78. The molecule has 0 aliphatic heterocycles. The van der Waals surface area contributed by atoms with E-state index in [1.807, 2.05) is 6.20 Å². The van der Waals surface area contributed by atoms with E-state index in [0.29, 0.717) is 5.92 Å². The summed E-state index contributed by atoms with van der Waals surface area (Å²) in [6, 6.07) is 30.4. The van der Waals surface area contributed by atoms with Crippen LogP contribution in [-0.4, -0.2) is 34.3 Å². The van der Waals surface area contributed by atoms with Crippen LogP contribution in [0.4, 0.5) is 0 Å². The van der Waals surface area contributed by atoms with Crippen molar-refractivity contribution in [3.63, 3.8) is 0 Å². The van der Waals surface area contributed by atoms with E-state index in [1.54, 1.807) is 6.33 Å². The third kappa shape index (κ3) is 5.19. The molecule has 5 aromatic rings. The van der Waals surface area contributed by atoms with E-state index in [1.165, 1.54) is 32.7 Å². The number of H-pyrrole nitrogens is 1. The standard InChI is InChI=1S/C30H31N3O/c34-20-28(17-27-19-31-21-33-27)32-18-22(15-25-11-5-9-23-7-1-3-13-29(23)25)16-26-12-6-10-24-8-2-4-14-30(24)26/h1-14,19,21-22,28,32,34H,15-18,20H2,(H,31,33). The van der Waals surface area contributed by atoms with Gasteiger partial charge in [0.05, 0.1) is 12.9 Å². The van der Waals surface area contributed by atoms with Crippen LogP contribution < -0.4 is 5.32 Å². The fraction of sp³-hybridized carbons (Fsp3) is 0.233. The van der Waals surface area contributed by atoms with Crippen LogP contribution in [0.5, 0.6) is 0 Å². The summed E-state index contributed by atoms with van der Waals surface area (Å²) in [7, 11) is 0. The van der Waals surface area contributed by atoms with Gasteiger partial charge in [-0.05, 0) is 58.0 Å². The van der Waals surface area contributed by atoms with Gasteiger partial charge in [0.2, 0.25) is 0 Å². The van der Waals surface area contributed by atoms with E-state index in [0.717, 1.165) is 31.5 Å². The molecule has 0 saturated heterocycles. The molecule has 0 bridgehead atoms. The first-order chi connectivity index (χ1) is 16.8. The van der Waals surface area contributed by atoms with Crippen LogP contribution >= 0.6 is 0 Å². The number of aliphatic hydroxyl groups excluding tert-OH is 1. The van der Waals surface area contributed by atoms with E-state index < -0.39 is 0 Å². The van der Waals surface area contributed by atoms with Crippen LogP contribution in [0.2, 0.25) is 0 Å². The Morgan fingerprint density at radius 3 is 1.88 bits per heavy atom. The van der Waals surface area contributed by atoms with E-state index in [4.69, 9.17) is 0 Å². The number of rotatable bonds is 10. The van der Waals surface area contributed by atoms with Gasteiger partial charge in [0.1, 0.15) is 0 Å². The Morgan fingerprint density at radius 2 is 1.32 bits per heavy atom. The Hall–Kier alpha value is -3.47. The summed E-state index contributed by atoms with van der Waals surface area (Å²) in [5, 5.41) is 18.9. The zero-order valence-electron chi connectivity index (χ0n) is 19.3. The molecular formula is C30H31N3O. The van der Waals surface area contributed by atoms with Gasteiger partial charge in [-0.3, -0.25) is 0 Å². The molecule has 1 heterocycles. The highest BCUT2D eigenvalue weighted by Crippen LogP contribution is 2.26. The van der Waals surface area contributed by atoms with Gasteiger partial charge in [0.25, 0.3) is 0 Å². The Balaban J connectivity index is 1.40. The Morgan fingerprint density at radius 1 is 0.735 bits per heavy atom. The van der Waals surface area contributed by atoms with Crippen molar-refractivity contribution in [1.29, 1.82) is 0 Å². The van der Waals surface area contributed by atoms with Crippen molar-refractivity contribution >= 4 is 21.5 Å². The van der Waals surface area contributed by atoms with Crippen LogP contribution in [-0.2, 0) is 19.3 Å². The Kier molecular flexibility index (Phi) is 6.99. The van der Waals surface area contributed by atoms with Crippen molar-refractivity contribution < 1.29 is 5.11 Å². The number of hydrogen-bond acceptors (Lipinski definition) is 3. The summed E-state index contributed by atoms with van der Waals surface area (Å²) in [4.78, 5) is 7.26. The number of nitrogens with one attached hydrogen (secondary N) is 2. The first kappa shape index (κ1) is 22.3. The topological polar surface area (TPSA) is 60.9 Å². The molecule has 0 saturated carbocycles. The third-order valence-electron chi connectivity index (χ3n) is 6.71. The molecule has 5 rings (SSSR count). The van der Waals surface area contributed by atoms with Gasteiger partial charge in [-0.15, -0.1) is 0 Å². The number of aromatic nitrogens is 2. The zero-order chi connectivity index (χ0) is 23.2. The maximum absolute atomic E-state index is 10.0. The normalized spacial score (nSPS) is 12.5. The molecule has 172 valence electrons. The molecule has 4 nitrogen and oxygen atoms in total. The second kappa shape index (κ2) is 10.6. The fourth-order valence-corrected chi connectivity index (χ4v) is 4.98. The van der Waals surface area contributed by atoms with Gasteiger partial charge in [-0.25, -0.2) is 4.98 Å². The number of aliphatic hydroxyl groups is 1. The average Bonchev–Trinajstić information content (AvgIpc) is 3.40. The zero-order valence-corrected chi connectivity index (χ0v) is 19.3. The predicted molar refractivity (Wildman–Crippen MR) is 140 cm³/mol. The van der Waals surface area contributed by atoms with Crippen molar-refractivity contribution in [3.05, 3.63) is 114 Å². The van der Waals surface area contributed by atoms with Gasteiger partial charge in [0.15, 0.2) is 0 Å². The molecule has 0 aliphatic carbocycles. The molecule has 1 aromatic heterocycles. The number of nitrogens with zero attached hydrogens (tertiary/aromatic N) is 1. The van der Waals surface area contributed by atoms with Crippen molar-refractivity contribution in [1.82, 2.24) is 15.3 Å². The second-order valence-electron chi connectivity index (χ2n) is 9.12. The highest BCUT2D eigenvalue weighted by Gasteiger charge is 2.17. The Labute approximate surface area is 200 Å². The van der Waals surface area contributed by atoms with Crippen LogP contribution in [0, 0.1) is 5.92 Å². The second-order valence-corrected chi connectivity index (χ2v) is 9.12. The first-order valence-electron chi connectivity index (χ1n) is 12.0. The highest BCUT2D eigenvalue weighted by molar-refractivity contribution is 5.86. The van der Waals surface area contributed by atoms with Gasteiger partial charge < -0.3 is 15.4 Å². The summed E-state index contributed by atoms with van der Waals surface area (Å²) >= 11 is 0. The lowest BCUT2D eigenvalue weighted by molar-refractivity contribution is 0.235. The van der Waals surface area contributed by atoms with E-state index >= 15 is 0 Å². The van der Waals surface area contributed by atoms with E-state index in [2.05, 4.69) is 100 Å². The molecule has 4 heteroatoms. The number of imidazole rings is 1. The molecule has 0 radical (unpaired) electrons. The number of fused-ring (bicyclic) bond motifs is 2. The van der Waals surface area contributed by atoms with Crippen molar-refractivity contribution in [2.24, 2.45) is 5.92 Å². The number of benzene rings is 4. The minimum atomic E-state index is -0.0111. The lowest BCUT2D eigenvalue weighted by Crippen LogP contribution is -2.38. The quantitative estimate of drug-likeness (QED) is 0.271. The van der Waals surface area contributed by atoms with Crippen LogP contribution in [0.3, 0.4) is 0 Å². The van der Waals surface area contributed by atoms with Crippen LogP contribution in [0.1, 0.15) is 16.8 Å². The van der Waals surface area contributed by atoms with Crippen molar-refractivity contribution in [2.45, 2.75) is 25.3 Å². The predicted octanol–water partition coefficient (Wildman–Crippen LogP) is 5.31. The molecule has 34 heavy (non-hydrogen) atoms. The molecule has 4 aromatic carbocycles. The SMILES string of the molecule is OCC(Cc1cnc[nH]1)NCC(Cc1cccc2ccccc12)Cc1cccc2ccccc12. The maximum Gasteiger partial charge on any atom is 0.0921 e.